The second-order valence-corrected chi connectivity index (χ2v) is 3.04. The lowest BCUT2D eigenvalue weighted by molar-refractivity contribution is 0.800. The van der Waals surface area contributed by atoms with Gasteiger partial charge in [-0.15, -0.1) is 5.10 Å². The molecule has 0 atom stereocenters. The lowest BCUT2D eigenvalue weighted by Crippen LogP contribution is -1.98. The summed E-state index contributed by atoms with van der Waals surface area (Å²) in [5, 5.41) is 7.96. The zero-order valence-electron chi connectivity index (χ0n) is 7.78. The van der Waals surface area contributed by atoms with Gasteiger partial charge in [-0.2, -0.15) is 4.68 Å². The highest BCUT2D eigenvalue weighted by molar-refractivity contribution is 5.70. The van der Waals surface area contributed by atoms with Crippen molar-refractivity contribution in [3.05, 3.63) is 42.7 Å². The second-order valence-electron chi connectivity index (χ2n) is 3.04. The van der Waals surface area contributed by atoms with Crippen molar-refractivity contribution in [3.63, 3.8) is 0 Å². The molecular weight excluding hydrogens is 190 g/mol. The fraction of sp³-hybridized carbons (Fsp3) is 0. The fourth-order valence-corrected chi connectivity index (χ4v) is 1.41. The van der Waals surface area contributed by atoms with Crippen LogP contribution in [0.25, 0.3) is 17.0 Å². The van der Waals surface area contributed by atoms with Crippen LogP contribution in [0.5, 0.6) is 0 Å². The van der Waals surface area contributed by atoms with Gasteiger partial charge in [0, 0.05) is 12.4 Å². The minimum Gasteiger partial charge on any atom is -0.237 e. The van der Waals surface area contributed by atoms with E-state index in [2.05, 4.69) is 20.3 Å². The van der Waals surface area contributed by atoms with Crippen LogP contribution in [0.15, 0.2) is 42.7 Å². The van der Waals surface area contributed by atoms with E-state index in [1.54, 1.807) is 17.1 Å². The fourth-order valence-electron chi connectivity index (χ4n) is 1.41. The molecule has 0 aliphatic heterocycles. The average Bonchev–Trinajstić information content (AvgIpc) is 2.74. The summed E-state index contributed by atoms with van der Waals surface area (Å²) in [5.41, 5.74) is 1.49. The normalized spacial score (nSPS) is 10.7. The van der Waals surface area contributed by atoms with Gasteiger partial charge in [-0.05, 0) is 24.3 Å². The molecule has 3 rings (SSSR count). The summed E-state index contributed by atoms with van der Waals surface area (Å²) in [7, 11) is 0. The van der Waals surface area contributed by atoms with Gasteiger partial charge in [0.1, 0.15) is 5.52 Å². The van der Waals surface area contributed by atoms with Gasteiger partial charge < -0.3 is 0 Å². The van der Waals surface area contributed by atoms with Gasteiger partial charge in [-0.25, -0.2) is 9.97 Å². The second kappa shape index (κ2) is 3.13. The third-order valence-electron chi connectivity index (χ3n) is 2.09. The number of pyridine rings is 2. The molecule has 15 heavy (non-hydrogen) atoms. The van der Waals surface area contributed by atoms with E-state index < -0.39 is 0 Å². The number of nitrogens with zero attached hydrogens (tertiary/aromatic N) is 5. The van der Waals surface area contributed by atoms with E-state index in [-0.39, 0.29) is 0 Å². The molecule has 3 aromatic heterocycles. The summed E-state index contributed by atoms with van der Waals surface area (Å²) < 4.78 is 1.67. The maximum Gasteiger partial charge on any atom is 0.202 e. The predicted octanol–water partition coefficient (Wildman–Crippen LogP) is 1.21. The molecule has 72 valence electrons. The van der Waals surface area contributed by atoms with Crippen LogP contribution in [0.1, 0.15) is 0 Å². The Morgan fingerprint density at radius 3 is 2.73 bits per heavy atom. The maximum atomic E-state index is 4.20. The van der Waals surface area contributed by atoms with Crippen molar-refractivity contribution < 1.29 is 0 Å². The Kier molecular flexibility index (Phi) is 1.68. The third-order valence-corrected chi connectivity index (χ3v) is 2.09. The zero-order valence-corrected chi connectivity index (χ0v) is 7.78. The Morgan fingerprint density at radius 1 is 0.933 bits per heavy atom. The van der Waals surface area contributed by atoms with E-state index in [0.29, 0.717) is 5.65 Å². The quantitative estimate of drug-likeness (QED) is 0.588. The van der Waals surface area contributed by atoms with Crippen molar-refractivity contribution in [2.45, 2.75) is 0 Å². The molecule has 5 nitrogen and oxygen atoms in total. The van der Waals surface area contributed by atoms with Gasteiger partial charge in [0.05, 0.1) is 0 Å². The first-order chi connectivity index (χ1) is 7.45. The first-order valence-corrected chi connectivity index (χ1v) is 4.53. The largest absolute Gasteiger partial charge is 0.237 e. The number of fused-ring (bicyclic) bond motifs is 1. The molecule has 0 spiro atoms. The number of hydrogen-bond acceptors (Lipinski definition) is 4. The van der Waals surface area contributed by atoms with Crippen molar-refractivity contribution in [1.29, 1.82) is 0 Å². The van der Waals surface area contributed by atoms with Crippen LogP contribution in [0, 0.1) is 0 Å². The third kappa shape index (κ3) is 1.25. The molecule has 0 fully saturated rings. The highest BCUT2D eigenvalue weighted by Gasteiger charge is 2.06. The number of aromatic nitrogens is 5. The van der Waals surface area contributed by atoms with Crippen LogP contribution < -0.4 is 0 Å². The van der Waals surface area contributed by atoms with Crippen LogP contribution in [-0.2, 0) is 0 Å². The van der Waals surface area contributed by atoms with Crippen molar-refractivity contribution in [1.82, 2.24) is 25.0 Å². The molecule has 0 saturated heterocycles. The van der Waals surface area contributed by atoms with E-state index in [1.165, 1.54) is 0 Å². The molecule has 0 saturated carbocycles. The lowest BCUT2D eigenvalue weighted by Gasteiger charge is -1.98. The van der Waals surface area contributed by atoms with E-state index in [1.807, 2.05) is 30.3 Å². The van der Waals surface area contributed by atoms with Gasteiger partial charge in [0.15, 0.2) is 5.82 Å². The van der Waals surface area contributed by atoms with Crippen LogP contribution in [0.3, 0.4) is 0 Å². The average molecular weight is 197 g/mol. The van der Waals surface area contributed by atoms with Crippen molar-refractivity contribution >= 4 is 11.2 Å². The Balaban J connectivity index is 2.28. The Labute approximate surface area is 85.4 Å². The smallest absolute Gasteiger partial charge is 0.202 e. The summed E-state index contributed by atoms with van der Waals surface area (Å²) in [6.45, 7) is 0. The molecule has 0 unspecified atom stereocenters. The number of hydrogen-bond donors (Lipinski definition) is 0. The highest BCUT2D eigenvalue weighted by atomic mass is 15.5. The monoisotopic (exact) mass is 197 g/mol. The molecule has 0 aromatic carbocycles. The molecule has 0 aliphatic rings. The van der Waals surface area contributed by atoms with E-state index in [4.69, 9.17) is 0 Å². The molecule has 0 N–H and O–H groups in total. The number of rotatable bonds is 1. The van der Waals surface area contributed by atoms with Crippen molar-refractivity contribution in [2.75, 3.05) is 0 Å². The summed E-state index contributed by atoms with van der Waals surface area (Å²) >= 11 is 0. The van der Waals surface area contributed by atoms with E-state index >= 15 is 0 Å². The maximum absolute atomic E-state index is 4.20. The van der Waals surface area contributed by atoms with Gasteiger partial charge >= 0.3 is 0 Å². The first kappa shape index (κ1) is 8.05. The molecule has 0 aliphatic carbocycles. The van der Waals surface area contributed by atoms with Gasteiger partial charge in [0.2, 0.25) is 5.65 Å². The zero-order chi connectivity index (χ0) is 10.1. The predicted molar refractivity (Wildman–Crippen MR) is 54.5 cm³/mol. The molecule has 3 aromatic rings. The SMILES string of the molecule is c1ccc(-n2nnc3ncccc32)nc1. The van der Waals surface area contributed by atoms with E-state index in [0.717, 1.165) is 11.3 Å². The standard InChI is InChI=1S/C10H7N5/c1-2-6-11-9(5-1)15-8-4-3-7-12-10(8)13-14-15/h1-7H. The minimum atomic E-state index is 0.628. The summed E-state index contributed by atoms with van der Waals surface area (Å²) in [6.07, 6.45) is 3.42. The van der Waals surface area contributed by atoms with Crippen LogP contribution >= 0.6 is 0 Å². The van der Waals surface area contributed by atoms with Gasteiger partial charge in [-0.1, -0.05) is 11.3 Å². The molecule has 5 heteroatoms. The van der Waals surface area contributed by atoms with Crippen LogP contribution in [-0.4, -0.2) is 25.0 Å². The van der Waals surface area contributed by atoms with Crippen LogP contribution in [0.2, 0.25) is 0 Å². The molecule has 0 bridgehead atoms. The molecular formula is C10H7N5. The van der Waals surface area contributed by atoms with Gasteiger partial charge in [0.25, 0.3) is 0 Å². The highest BCUT2D eigenvalue weighted by Crippen LogP contribution is 2.11. The minimum absolute atomic E-state index is 0.628. The summed E-state index contributed by atoms with van der Waals surface area (Å²) in [4.78, 5) is 8.31. The Hall–Kier alpha value is -2.30. The van der Waals surface area contributed by atoms with E-state index in [9.17, 15) is 0 Å². The summed E-state index contributed by atoms with van der Waals surface area (Å²) in [6, 6.07) is 9.41. The molecule has 3 heterocycles. The molecule has 0 amide bonds. The first-order valence-electron chi connectivity index (χ1n) is 4.53. The van der Waals surface area contributed by atoms with Gasteiger partial charge in [-0.3, -0.25) is 0 Å². The van der Waals surface area contributed by atoms with Crippen molar-refractivity contribution in [2.24, 2.45) is 0 Å². The molecule has 0 radical (unpaired) electrons. The lowest BCUT2D eigenvalue weighted by atomic mass is 10.4. The Bertz CT molecular complexity index is 587. The Morgan fingerprint density at radius 2 is 1.87 bits per heavy atom. The van der Waals surface area contributed by atoms with Crippen molar-refractivity contribution in [3.8, 4) is 5.82 Å². The topological polar surface area (TPSA) is 56.5 Å². The van der Waals surface area contributed by atoms with Crippen LogP contribution in [0.4, 0.5) is 0 Å². The summed E-state index contributed by atoms with van der Waals surface area (Å²) in [5.74, 6) is 0.744.